The second-order valence-corrected chi connectivity index (χ2v) is 10.5. The lowest BCUT2D eigenvalue weighted by Gasteiger charge is -2.31. The zero-order valence-electron chi connectivity index (χ0n) is 17.6. The fourth-order valence-electron chi connectivity index (χ4n) is 3.95. The molecule has 0 amide bonds. The van der Waals surface area contributed by atoms with E-state index >= 15 is 0 Å². The van der Waals surface area contributed by atoms with E-state index < -0.39 is 22.0 Å². The van der Waals surface area contributed by atoms with Gasteiger partial charge in [-0.25, -0.2) is 8.42 Å². The highest BCUT2D eigenvalue weighted by atomic mass is 35.5. The van der Waals surface area contributed by atoms with Crippen LogP contribution in [0.2, 0.25) is 10.0 Å². The van der Waals surface area contributed by atoms with Gasteiger partial charge in [-0.1, -0.05) is 29.3 Å². The quantitative estimate of drug-likeness (QED) is 0.492. The number of hydrogen-bond acceptors (Lipinski definition) is 5. The van der Waals surface area contributed by atoms with Crippen molar-refractivity contribution in [1.82, 2.24) is 14.1 Å². The van der Waals surface area contributed by atoms with Crippen molar-refractivity contribution in [1.29, 1.82) is 0 Å². The zero-order valence-corrected chi connectivity index (χ0v) is 19.9. The van der Waals surface area contributed by atoms with E-state index in [1.807, 2.05) is 0 Å². The van der Waals surface area contributed by atoms with Crippen molar-refractivity contribution in [2.24, 2.45) is 0 Å². The topological polar surface area (TPSA) is 102 Å². The zero-order chi connectivity index (χ0) is 23.8. The number of sulfonamides is 1. The molecule has 0 fully saturated rings. The number of aliphatic carboxylic acids is 1. The van der Waals surface area contributed by atoms with Crippen LogP contribution in [-0.4, -0.2) is 40.6 Å². The molecule has 0 radical (unpaired) electrons. The molecular formula is C22H21Cl2N3O5S. The number of carboxylic acids is 1. The molecule has 1 aliphatic carbocycles. The van der Waals surface area contributed by atoms with Gasteiger partial charge >= 0.3 is 5.97 Å². The fourth-order valence-corrected chi connectivity index (χ4v) is 5.81. The molecule has 174 valence electrons. The molecule has 0 saturated carbocycles. The Morgan fingerprint density at radius 1 is 1.27 bits per heavy atom. The van der Waals surface area contributed by atoms with Gasteiger partial charge in [-0.15, -0.1) is 0 Å². The molecule has 0 aliphatic heterocycles. The summed E-state index contributed by atoms with van der Waals surface area (Å²) < 4.78 is 35.2. The molecule has 1 aliphatic rings. The van der Waals surface area contributed by atoms with Crippen LogP contribution in [0.25, 0.3) is 0 Å². The van der Waals surface area contributed by atoms with Crippen molar-refractivity contribution in [3.05, 3.63) is 70.0 Å². The summed E-state index contributed by atoms with van der Waals surface area (Å²) >= 11 is 12.3. The first-order chi connectivity index (χ1) is 15.7. The van der Waals surface area contributed by atoms with E-state index in [4.69, 9.17) is 33.0 Å². The Balaban J connectivity index is 1.59. The molecule has 4 rings (SSSR count). The van der Waals surface area contributed by atoms with Gasteiger partial charge in [0.05, 0.1) is 22.2 Å². The third-order valence-corrected chi connectivity index (χ3v) is 7.95. The van der Waals surface area contributed by atoms with E-state index in [9.17, 15) is 13.2 Å². The van der Waals surface area contributed by atoms with Crippen molar-refractivity contribution in [3.63, 3.8) is 0 Å². The minimum absolute atomic E-state index is 0.0264. The number of ether oxygens (including phenoxy) is 1. The number of carboxylic acid groups (broad SMARTS) is 1. The van der Waals surface area contributed by atoms with Crippen molar-refractivity contribution < 1.29 is 23.1 Å². The van der Waals surface area contributed by atoms with E-state index in [0.29, 0.717) is 29.4 Å². The normalized spacial score (nSPS) is 15.9. The summed E-state index contributed by atoms with van der Waals surface area (Å²) in [6.07, 6.45) is 3.53. The van der Waals surface area contributed by atoms with Gasteiger partial charge in [0.25, 0.3) is 0 Å². The van der Waals surface area contributed by atoms with Crippen LogP contribution in [0.4, 0.5) is 0 Å². The van der Waals surface area contributed by atoms with Crippen LogP contribution in [-0.2, 0) is 27.8 Å². The Kier molecular flexibility index (Phi) is 6.67. The lowest BCUT2D eigenvalue weighted by molar-refractivity contribution is -0.137. The number of rotatable bonds is 7. The summed E-state index contributed by atoms with van der Waals surface area (Å²) in [5.41, 5.74) is 1.47. The second kappa shape index (κ2) is 9.34. The molecule has 1 unspecified atom stereocenters. The predicted octanol–water partition coefficient (Wildman–Crippen LogP) is 4.76. The molecule has 1 heterocycles. The SMILES string of the molecule is CN(C1CCCc2c1cnn2CC(=O)O)S(=O)(=O)c1ccc(Oc2cccc(Cl)c2)c(Cl)c1. The second-order valence-electron chi connectivity index (χ2n) is 7.68. The van der Waals surface area contributed by atoms with E-state index in [0.717, 1.165) is 17.7 Å². The largest absolute Gasteiger partial charge is 0.480 e. The van der Waals surface area contributed by atoms with Gasteiger partial charge in [0, 0.05) is 23.3 Å². The molecule has 1 N–H and O–H groups in total. The maximum absolute atomic E-state index is 13.4. The minimum atomic E-state index is -3.90. The monoisotopic (exact) mass is 509 g/mol. The summed E-state index contributed by atoms with van der Waals surface area (Å²) in [5.74, 6) is -0.223. The summed E-state index contributed by atoms with van der Waals surface area (Å²) in [6, 6.07) is 10.6. The third-order valence-electron chi connectivity index (χ3n) is 5.56. The van der Waals surface area contributed by atoms with Crippen LogP contribution in [0.15, 0.2) is 53.6 Å². The van der Waals surface area contributed by atoms with Crippen LogP contribution in [0.3, 0.4) is 0 Å². The van der Waals surface area contributed by atoms with Gasteiger partial charge in [0.1, 0.15) is 18.0 Å². The molecule has 3 aromatic rings. The molecule has 2 aromatic carbocycles. The summed E-state index contributed by atoms with van der Waals surface area (Å²) in [6.45, 7) is -0.262. The highest BCUT2D eigenvalue weighted by Crippen LogP contribution is 2.38. The Bertz CT molecular complexity index is 1310. The highest BCUT2D eigenvalue weighted by Gasteiger charge is 2.34. The van der Waals surface area contributed by atoms with Crippen LogP contribution in [0.5, 0.6) is 11.5 Å². The third kappa shape index (κ3) is 4.86. The standard InChI is InChI=1S/C22H21Cl2N3O5S/c1-26(19-6-3-7-20-17(19)12-25-27(20)13-22(28)29)33(30,31)16-8-9-21(18(24)11-16)32-15-5-2-4-14(23)10-15/h2,4-5,8-12,19H,3,6-7,13H2,1H3,(H,28,29). The Morgan fingerprint density at radius 3 is 2.76 bits per heavy atom. The average molecular weight is 510 g/mol. The first kappa shape index (κ1) is 23.6. The lowest BCUT2D eigenvalue weighted by Crippen LogP contribution is -2.33. The van der Waals surface area contributed by atoms with Gasteiger partial charge in [0.15, 0.2) is 0 Å². The lowest BCUT2D eigenvalue weighted by atomic mass is 9.93. The highest BCUT2D eigenvalue weighted by molar-refractivity contribution is 7.89. The predicted molar refractivity (Wildman–Crippen MR) is 123 cm³/mol. The van der Waals surface area contributed by atoms with E-state index in [-0.39, 0.29) is 16.5 Å². The first-order valence-electron chi connectivity index (χ1n) is 10.1. The van der Waals surface area contributed by atoms with Crippen molar-refractivity contribution in [2.75, 3.05) is 7.05 Å². The van der Waals surface area contributed by atoms with Gasteiger partial charge in [-0.3, -0.25) is 9.48 Å². The Hall–Kier alpha value is -2.59. The van der Waals surface area contributed by atoms with Crippen molar-refractivity contribution in [2.45, 2.75) is 36.7 Å². The van der Waals surface area contributed by atoms with Crippen LogP contribution >= 0.6 is 23.2 Å². The number of aromatic nitrogens is 2. The molecular weight excluding hydrogens is 489 g/mol. The summed E-state index contributed by atoms with van der Waals surface area (Å²) in [5, 5.41) is 13.9. The maximum Gasteiger partial charge on any atom is 0.325 e. The van der Waals surface area contributed by atoms with Crippen molar-refractivity contribution in [3.8, 4) is 11.5 Å². The van der Waals surface area contributed by atoms with Gasteiger partial charge < -0.3 is 9.84 Å². The number of benzene rings is 2. The number of hydrogen-bond donors (Lipinski definition) is 1. The summed E-state index contributed by atoms with van der Waals surface area (Å²) in [4.78, 5) is 11.1. The fraction of sp³-hybridized carbons (Fsp3) is 0.273. The van der Waals surface area contributed by atoms with Crippen LogP contribution in [0, 0.1) is 0 Å². The van der Waals surface area contributed by atoms with Gasteiger partial charge in [0.2, 0.25) is 10.0 Å². The first-order valence-corrected chi connectivity index (χ1v) is 12.3. The maximum atomic E-state index is 13.4. The van der Waals surface area contributed by atoms with Crippen LogP contribution < -0.4 is 4.74 Å². The summed E-state index contributed by atoms with van der Waals surface area (Å²) in [7, 11) is -2.39. The smallest absolute Gasteiger partial charge is 0.325 e. The molecule has 0 bridgehead atoms. The molecule has 11 heteroatoms. The van der Waals surface area contributed by atoms with E-state index in [1.165, 1.54) is 34.2 Å². The average Bonchev–Trinajstić information content (AvgIpc) is 3.17. The molecule has 1 atom stereocenters. The molecule has 1 aromatic heterocycles. The number of carbonyl (C=O) groups is 1. The van der Waals surface area contributed by atoms with E-state index in [2.05, 4.69) is 5.10 Å². The molecule has 33 heavy (non-hydrogen) atoms. The number of halogens is 2. The van der Waals surface area contributed by atoms with Gasteiger partial charge in [-0.05, 0) is 55.7 Å². The van der Waals surface area contributed by atoms with Crippen LogP contribution in [0.1, 0.15) is 30.1 Å². The van der Waals surface area contributed by atoms with E-state index in [1.54, 1.807) is 30.5 Å². The molecule has 8 nitrogen and oxygen atoms in total. The Labute approximate surface area is 201 Å². The Morgan fingerprint density at radius 2 is 2.06 bits per heavy atom. The number of fused-ring (bicyclic) bond motifs is 1. The molecule has 0 saturated heterocycles. The minimum Gasteiger partial charge on any atom is -0.480 e. The van der Waals surface area contributed by atoms with Gasteiger partial charge in [-0.2, -0.15) is 9.40 Å². The van der Waals surface area contributed by atoms with Crippen molar-refractivity contribution >= 4 is 39.2 Å². The molecule has 0 spiro atoms. The number of nitrogens with zero attached hydrogens (tertiary/aromatic N) is 3.